The van der Waals surface area contributed by atoms with Crippen molar-refractivity contribution in [3.63, 3.8) is 0 Å². The molecule has 0 saturated carbocycles. The summed E-state index contributed by atoms with van der Waals surface area (Å²) in [5.41, 5.74) is 6.88. The molecule has 1 aromatic carbocycles. The Morgan fingerprint density at radius 1 is 1.53 bits per heavy atom. The lowest BCUT2D eigenvalue weighted by Gasteiger charge is -2.10. The Balaban J connectivity index is 0.000000686. The van der Waals surface area contributed by atoms with Gasteiger partial charge in [-0.15, -0.1) is 0 Å². The van der Waals surface area contributed by atoms with Crippen molar-refractivity contribution in [1.29, 1.82) is 0 Å². The fraction of sp³-hybridized carbons (Fsp3) is 0.455. The van der Waals surface area contributed by atoms with Gasteiger partial charge in [0.05, 0.1) is 6.10 Å². The number of phenolic OH excluding ortho intramolecular Hbond substituents is 1. The van der Waals surface area contributed by atoms with Crippen LogP contribution in [0.1, 0.15) is 25.5 Å². The largest absolute Gasteiger partial charge is 0.508 e. The van der Waals surface area contributed by atoms with Crippen molar-refractivity contribution in [1.82, 2.24) is 0 Å². The Morgan fingerprint density at radius 3 is 2.71 bits per heavy atom. The van der Waals surface area contributed by atoms with Gasteiger partial charge in [-0.25, -0.2) is 0 Å². The van der Waals surface area contributed by atoms with Gasteiger partial charge < -0.3 is 20.1 Å². The summed E-state index contributed by atoms with van der Waals surface area (Å²) < 4.78 is 10.6. The lowest BCUT2D eigenvalue weighted by atomic mass is 9.78. The molecule has 2 rings (SSSR count). The van der Waals surface area contributed by atoms with Gasteiger partial charge in [-0.3, -0.25) is 0 Å². The molecular formula is C11H17BClNO3. The molecule has 0 bridgehead atoms. The average molecular weight is 258 g/mol. The summed E-state index contributed by atoms with van der Waals surface area (Å²) in [4.78, 5) is 0. The van der Waals surface area contributed by atoms with Gasteiger partial charge in [0.25, 0.3) is 0 Å². The molecule has 94 valence electrons. The maximum absolute atomic E-state index is 9.71. The van der Waals surface area contributed by atoms with Gasteiger partial charge in [0.2, 0.25) is 0 Å². The third-order valence-corrected chi connectivity index (χ3v) is 2.81. The Bertz CT molecular complexity index is 354. The van der Waals surface area contributed by atoms with Gasteiger partial charge in [0.1, 0.15) is 5.75 Å². The normalized spacial score (nSPS) is 17.5. The molecular weight excluding hydrogens is 240 g/mol. The van der Waals surface area contributed by atoms with Crippen LogP contribution in [0.25, 0.3) is 0 Å². The molecule has 4 nitrogen and oxygen atoms in total. The van der Waals surface area contributed by atoms with E-state index >= 15 is 0 Å². The number of aromatic hydroxyl groups is 1. The van der Waals surface area contributed by atoms with E-state index in [2.05, 4.69) is 0 Å². The number of rotatable bonds is 2. The van der Waals surface area contributed by atoms with Crippen LogP contribution in [0.2, 0.25) is 5.02 Å². The molecule has 0 aliphatic carbocycles. The molecule has 0 radical (unpaired) electrons. The molecule has 0 fully saturated rings. The zero-order chi connectivity index (χ0) is 13.0. The molecule has 1 atom stereocenters. The minimum Gasteiger partial charge on any atom is -0.508 e. The third kappa shape index (κ3) is 2.58. The van der Waals surface area contributed by atoms with Crippen molar-refractivity contribution < 1.29 is 14.4 Å². The van der Waals surface area contributed by atoms with Crippen LogP contribution >= 0.6 is 11.6 Å². The molecule has 6 heteroatoms. The van der Waals surface area contributed by atoms with E-state index in [0.29, 0.717) is 17.0 Å². The quantitative estimate of drug-likeness (QED) is 0.787. The summed E-state index contributed by atoms with van der Waals surface area (Å²) in [6.45, 7) is 4.30. The highest BCUT2D eigenvalue weighted by atomic mass is 35.5. The summed E-state index contributed by atoms with van der Waals surface area (Å²) in [5, 5.41) is 10.3. The molecule has 0 saturated heterocycles. The zero-order valence-corrected chi connectivity index (χ0v) is 11.0. The minimum atomic E-state index is -0.591. The van der Waals surface area contributed by atoms with Crippen LogP contribution in [0, 0.1) is 0 Å². The Labute approximate surface area is 107 Å². The standard InChI is InChI=1S/C9H11BClNO3.C2H6/c1-14-10-9-6(13)3-2-5(11)8(9)7(4-12)15-10;1-2/h2-3,7,13H,4,12H2,1H3;1-2H3. The second-order valence-corrected chi connectivity index (χ2v) is 3.73. The molecule has 1 aliphatic heterocycles. The predicted molar refractivity (Wildman–Crippen MR) is 69.7 cm³/mol. The molecule has 1 aliphatic rings. The van der Waals surface area contributed by atoms with Crippen LogP contribution in [0.4, 0.5) is 0 Å². The van der Waals surface area contributed by atoms with Crippen molar-refractivity contribution in [2.45, 2.75) is 20.0 Å². The second kappa shape index (κ2) is 6.26. The summed E-state index contributed by atoms with van der Waals surface area (Å²) in [5.74, 6) is 0.122. The van der Waals surface area contributed by atoms with E-state index in [0.717, 1.165) is 5.56 Å². The Hall–Kier alpha value is -0.745. The van der Waals surface area contributed by atoms with E-state index in [-0.39, 0.29) is 11.9 Å². The fourth-order valence-electron chi connectivity index (χ4n) is 1.81. The number of phenols is 1. The van der Waals surface area contributed by atoms with Crippen LogP contribution in [-0.2, 0) is 9.31 Å². The Morgan fingerprint density at radius 2 is 2.18 bits per heavy atom. The second-order valence-electron chi connectivity index (χ2n) is 3.32. The zero-order valence-electron chi connectivity index (χ0n) is 10.2. The fourth-order valence-corrected chi connectivity index (χ4v) is 2.09. The monoisotopic (exact) mass is 257 g/mol. The van der Waals surface area contributed by atoms with Gasteiger partial charge in [-0.05, 0) is 12.1 Å². The van der Waals surface area contributed by atoms with Crippen molar-refractivity contribution in [2.24, 2.45) is 5.73 Å². The first kappa shape index (κ1) is 14.3. The van der Waals surface area contributed by atoms with E-state index in [4.69, 9.17) is 26.6 Å². The van der Waals surface area contributed by atoms with Crippen molar-refractivity contribution >= 4 is 24.2 Å². The highest BCUT2D eigenvalue weighted by molar-refractivity contribution is 6.64. The molecule has 1 unspecified atom stereocenters. The average Bonchev–Trinajstić information content (AvgIpc) is 2.76. The van der Waals surface area contributed by atoms with Crippen LogP contribution in [-0.4, -0.2) is 25.9 Å². The van der Waals surface area contributed by atoms with Gasteiger partial charge in [-0.2, -0.15) is 0 Å². The topological polar surface area (TPSA) is 64.7 Å². The molecule has 0 aromatic heterocycles. The van der Waals surface area contributed by atoms with Crippen LogP contribution < -0.4 is 11.2 Å². The highest BCUT2D eigenvalue weighted by Crippen LogP contribution is 2.32. The highest BCUT2D eigenvalue weighted by Gasteiger charge is 2.40. The Kier molecular flexibility index (Phi) is 5.27. The lowest BCUT2D eigenvalue weighted by molar-refractivity contribution is 0.182. The van der Waals surface area contributed by atoms with Crippen LogP contribution in [0.15, 0.2) is 12.1 Å². The summed E-state index contributed by atoms with van der Waals surface area (Å²) in [6, 6.07) is 3.15. The smallest absolute Gasteiger partial charge is 0.498 e. The van der Waals surface area contributed by atoms with Gasteiger partial charge >= 0.3 is 7.12 Å². The molecule has 1 aromatic rings. The SMILES string of the molecule is CC.COB1OC(CN)c2c(Cl)ccc(O)c21. The first-order valence-corrected chi connectivity index (χ1v) is 5.96. The first-order valence-electron chi connectivity index (χ1n) is 5.58. The third-order valence-electron chi connectivity index (χ3n) is 2.48. The maximum atomic E-state index is 9.71. The summed E-state index contributed by atoms with van der Waals surface area (Å²) in [6.07, 6.45) is -0.315. The number of fused-ring (bicyclic) bond motifs is 1. The van der Waals surface area contributed by atoms with Crippen LogP contribution in [0.3, 0.4) is 0 Å². The van der Waals surface area contributed by atoms with Crippen molar-refractivity contribution in [2.75, 3.05) is 13.7 Å². The maximum Gasteiger partial charge on any atom is 0.498 e. The van der Waals surface area contributed by atoms with Gasteiger partial charge in [-0.1, -0.05) is 25.4 Å². The number of nitrogens with two attached hydrogens (primary N) is 1. The molecule has 17 heavy (non-hydrogen) atoms. The van der Waals surface area contributed by atoms with E-state index in [9.17, 15) is 5.11 Å². The van der Waals surface area contributed by atoms with E-state index in [1.165, 1.54) is 13.2 Å². The summed E-state index contributed by atoms with van der Waals surface area (Å²) in [7, 11) is 0.917. The molecule has 3 N–H and O–H groups in total. The van der Waals surface area contributed by atoms with Crippen molar-refractivity contribution in [3.05, 3.63) is 22.7 Å². The summed E-state index contributed by atoms with van der Waals surface area (Å²) >= 11 is 6.04. The number of hydrogen-bond acceptors (Lipinski definition) is 4. The van der Waals surface area contributed by atoms with Gasteiger partial charge in [0, 0.05) is 29.7 Å². The predicted octanol–water partition coefficient (Wildman–Crippen LogP) is 1.44. The lowest BCUT2D eigenvalue weighted by Crippen LogP contribution is -2.31. The number of benzene rings is 1. The molecule has 0 spiro atoms. The number of hydrogen-bond donors (Lipinski definition) is 2. The van der Waals surface area contributed by atoms with Crippen molar-refractivity contribution in [3.8, 4) is 5.75 Å². The van der Waals surface area contributed by atoms with Crippen LogP contribution in [0.5, 0.6) is 5.75 Å². The van der Waals surface area contributed by atoms with Gasteiger partial charge in [0.15, 0.2) is 0 Å². The first-order chi connectivity index (χ1) is 8.19. The molecule has 0 amide bonds. The van der Waals surface area contributed by atoms with E-state index < -0.39 is 7.12 Å². The van der Waals surface area contributed by atoms with E-state index in [1.807, 2.05) is 13.8 Å². The van der Waals surface area contributed by atoms with E-state index in [1.54, 1.807) is 6.07 Å². The number of halogens is 1. The molecule has 1 heterocycles. The minimum absolute atomic E-state index is 0.122.